The van der Waals surface area contributed by atoms with E-state index in [1.165, 1.54) is 0 Å². The number of methoxy groups -OCH3 is 1. The van der Waals surface area contributed by atoms with Crippen molar-refractivity contribution in [2.24, 2.45) is 5.73 Å². The van der Waals surface area contributed by atoms with Gasteiger partial charge in [-0.2, -0.15) is 0 Å². The topological polar surface area (TPSA) is 64.3 Å². The summed E-state index contributed by atoms with van der Waals surface area (Å²) in [7, 11) is 1.65. The fraction of sp³-hybridized carbons (Fsp3) is 0.417. The van der Waals surface area contributed by atoms with E-state index in [0.717, 1.165) is 12.0 Å². The van der Waals surface area contributed by atoms with E-state index in [9.17, 15) is 4.79 Å². The van der Waals surface area contributed by atoms with Crippen LogP contribution < -0.4 is 11.1 Å². The SMILES string of the molecule is COCc1ccc(C(=O)NCCCN)cc1. The van der Waals surface area contributed by atoms with Crippen LogP contribution >= 0.6 is 0 Å². The molecule has 1 aromatic carbocycles. The molecule has 4 heteroatoms. The van der Waals surface area contributed by atoms with Gasteiger partial charge in [0.15, 0.2) is 0 Å². The second kappa shape index (κ2) is 6.98. The highest BCUT2D eigenvalue weighted by Gasteiger charge is 2.03. The highest BCUT2D eigenvalue weighted by atomic mass is 16.5. The molecular weight excluding hydrogens is 204 g/mol. The molecule has 1 amide bonds. The fourth-order valence-corrected chi connectivity index (χ4v) is 1.33. The van der Waals surface area contributed by atoms with Crippen molar-refractivity contribution < 1.29 is 9.53 Å². The van der Waals surface area contributed by atoms with Gasteiger partial charge in [0.1, 0.15) is 0 Å². The number of nitrogens with two attached hydrogens (primary N) is 1. The number of carbonyl (C=O) groups is 1. The number of benzene rings is 1. The first-order valence-corrected chi connectivity index (χ1v) is 5.34. The van der Waals surface area contributed by atoms with E-state index in [0.29, 0.717) is 25.3 Å². The summed E-state index contributed by atoms with van der Waals surface area (Å²) in [6.07, 6.45) is 0.799. The van der Waals surface area contributed by atoms with E-state index < -0.39 is 0 Å². The minimum absolute atomic E-state index is 0.0579. The number of amides is 1. The molecule has 0 saturated carbocycles. The number of carbonyl (C=O) groups excluding carboxylic acids is 1. The molecule has 1 aromatic rings. The molecule has 0 spiro atoms. The Bertz CT molecular complexity index is 322. The van der Waals surface area contributed by atoms with E-state index in [4.69, 9.17) is 10.5 Å². The van der Waals surface area contributed by atoms with Gasteiger partial charge >= 0.3 is 0 Å². The first-order chi connectivity index (χ1) is 7.77. The van der Waals surface area contributed by atoms with Gasteiger partial charge in [0, 0.05) is 19.2 Å². The predicted octanol–water partition coefficient (Wildman–Crippen LogP) is 0.912. The first-order valence-electron chi connectivity index (χ1n) is 5.34. The summed E-state index contributed by atoms with van der Waals surface area (Å²) in [4.78, 5) is 11.6. The highest BCUT2D eigenvalue weighted by molar-refractivity contribution is 5.94. The minimum Gasteiger partial charge on any atom is -0.380 e. The minimum atomic E-state index is -0.0579. The lowest BCUT2D eigenvalue weighted by atomic mass is 10.1. The van der Waals surface area contributed by atoms with Gasteiger partial charge in [0.25, 0.3) is 5.91 Å². The molecule has 16 heavy (non-hydrogen) atoms. The third-order valence-electron chi connectivity index (χ3n) is 2.19. The molecule has 0 aliphatic heterocycles. The van der Waals surface area contributed by atoms with Crippen molar-refractivity contribution in [2.45, 2.75) is 13.0 Å². The van der Waals surface area contributed by atoms with Gasteiger partial charge in [0.05, 0.1) is 6.61 Å². The summed E-state index contributed by atoms with van der Waals surface area (Å²) in [6.45, 7) is 1.78. The van der Waals surface area contributed by atoms with Crippen molar-refractivity contribution in [3.05, 3.63) is 35.4 Å². The molecular formula is C12H18N2O2. The van der Waals surface area contributed by atoms with Crippen molar-refractivity contribution in [3.63, 3.8) is 0 Å². The largest absolute Gasteiger partial charge is 0.380 e. The van der Waals surface area contributed by atoms with E-state index in [-0.39, 0.29) is 5.91 Å². The van der Waals surface area contributed by atoms with Crippen molar-refractivity contribution in [1.29, 1.82) is 0 Å². The zero-order valence-electron chi connectivity index (χ0n) is 9.53. The van der Waals surface area contributed by atoms with Gasteiger partial charge in [-0.15, -0.1) is 0 Å². The predicted molar refractivity (Wildman–Crippen MR) is 63.2 cm³/mol. The quantitative estimate of drug-likeness (QED) is 0.703. The third-order valence-corrected chi connectivity index (χ3v) is 2.19. The molecule has 0 aromatic heterocycles. The number of hydrogen-bond donors (Lipinski definition) is 2. The zero-order chi connectivity index (χ0) is 11.8. The lowest BCUT2D eigenvalue weighted by molar-refractivity contribution is 0.0953. The van der Waals surface area contributed by atoms with Gasteiger partial charge in [-0.05, 0) is 30.7 Å². The Labute approximate surface area is 95.8 Å². The van der Waals surface area contributed by atoms with Crippen LogP contribution in [0.25, 0.3) is 0 Å². The maximum atomic E-state index is 11.6. The van der Waals surface area contributed by atoms with E-state index >= 15 is 0 Å². The summed E-state index contributed by atoms with van der Waals surface area (Å²) in [5.74, 6) is -0.0579. The maximum Gasteiger partial charge on any atom is 0.251 e. The van der Waals surface area contributed by atoms with Crippen LogP contribution in [0.5, 0.6) is 0 Å². The van der Waals surface area contributed by atoms with Crippen molar-refractivity contribution >= 4 is 5.91 Å². The maximum absolute atomic E-state index is 11.6. The summed E-state index contributed by atoms with van der Waals surface area (Å²) in [6, 6.07) is 7.38. The number of rotatable bonds is 6. The molecule has 0 fully saturated rings. The van der Waals surface area contributed by atoms with Crippen LogP contribution in [0.15, 0.2) is 24.3 Å². The molecule has 88 valence electrons. The molecule has 0 bridgehead atoms. The molecule has 0 aliphatic carbocycles. The van der Waals surface area contributed by atoms with Crippen molar-refractivity contribution in [2.75, 3.05) is 20.2 Å². The second-order valence-corrected chi connectivity index (χ2v) is 3.53. The number of ether oxygens (including phenoxy) is 1. The van der Waals surface area contributed by atoms with Crippen molar-refractivity contribution in [1.82, 2.24) is 5.32 Å². The Balaban J connectivity index is 2.49. The monoisotopic (exact) mass is 222 g/mol. The Kier molecular flexibility index (Phi) is 5.53. The third kappa shape index (κ3) is 4.00. The van der Waals surface area contributed by atoms with Gasteiger partial charge < -0.3 is 15.8 Å². The lowest BCUT2D eigenvalue weighted by Gasteiger charge is -2.05. The Hall–Kier alpha value is -1.39. The molecule has 3 N–H and O–H groups in total. The second-order valence-electron chi connectivity index (χ2n) is 3.53. The molecule has 0 heterocycles. The van der Waals surface area contributed by atoms with Crippen LogP contribution in [0.3, 0.4) is 0 Å². The molecule has 0 unspecified atom stereocenters. The van der Waals surface area contributed by atoms with E-state index in [1.807, 2.05) is 12.1 Å². The molecule has 0 aliphatic rings. The van der Waals surface area contributed by atoms with E-state index in [2.05, 4.69) is 5.32 Å². The molecule has 1 rings (SSSR count). The lowest BCUT2D eigenvalue weighted by Crippen LogP contribution is -2.25. The molecule has 0 saturated heterocycles. The van der Waals surface area contributed by atoms with Crippen molar-refractivity contribution in [3.8, 4) is 0 Å². The normalized spacial score (nSPS) is 10.1. The zero-order valence-corrected chi connectivity index (χ0v) is 9.53. The van der Waals surface area contributed by atoms with Crippen LogP contribution in [0.2, 0.25) is 0 Å². The highest BCUT2D eigenvalue weighted by Crippen LogP contribution is 2.05. The van der Waals surface area contributed by atoms with Gasteiger partial charge in [0.2, 0.25) is 0 Å². The smallest absolute Gasteiger partial charge is 0.251 e. The van der Waals surface area contributed by atoms with Gasteiger partial charge in [-0.1, -0.05) is 12.1 Å². The molecule has 0 atom stereocenters. The van der Waals surface area contributed by atoms with Crippen LogP contribution in [-0.4, -0.2) is 26.1 Å². The number of hydrogen-bond acceptors (Lipinski definition) is 3. The standard InChI is InChI=1S/C12H18N2O2/c1-16-9-10-3-5-11(6-4-10)12(15)14-8-2-7-13/h3-6H,2,7-9,13H2,1H3,(H,14,15). The van der Waals surface area contributed by atoms with Crippen LogP contribution in [0.1, 0.15) is 22.3 Å². The summed E-state index contributed by atoms with van der Waals surface area (Å²) in [5.41, 5.74) is 7.06. The van der Waals surface area contributed by atoms with Crippen LogP contribution in [0, 0.1) is 0 Å². The van der Waals surface area contributed by atoms with Gasteiger partial charge in [-0.25, -0.2) is 0 Å². The van der Waals surface area contributed by atoms with Crippen LogP contribution in [0.4, 0.5) is 0 Å². The Morgan fingerprint density at radius 1 is 1.38 bits per heavy atom. The average molecular weight is 222 g/mol. The fourth-order valence-electron chi connectivity index (χ4n) is 1.33. The summed E-state index contributed by atoms with van der Waals surface area (Å²) in [5, 5.41) is 2.80. The first kappa shape index (κ1) is 12.7. The molecule has 4 nitrogen and oxygen atoms in total. The van der Waals surface area contributed by atoms with Gasteiger partial charge in [-0.3, -0.25) is 4.79 Å². The summed E-state index contributed by atoms with van der Waals surface area (Å²) >= 11 is 0. The Morgan fingerprint density at radius 2 is 2.06 bits per heavy atom. The molecule has 0 radical (unpaired) electrons. The summed E-state index contributed by atoms with van der Waals surface area (Å²) < 4.78 is 4.99. The Morgan fingerprint density at radius 3 is 2.62 bits per heavy atom. The van der Waals surface area contributed by atoms with E-state index in [1.54, 1.807) is 19.2 Å². The average Bonchev–Trinajstić information content (AvgIpc) is 2.30. The van der Waals surface area contributed by atoms with Crippen LogP contribution in [-0.2, 0) is 11.3 Å². The number of nitrogens with one attached hydrogen (secondary N) is 1.